The summed E-state index contributed by atoms with van der Waals surface area (Å²) in [6.07, 6.45) is 4.01. The minimum atomic E-state index is 0.695. The highest BCUT2D eigenvalue weighted by atomic mass is 32.1. The van der Waals surface area contributed by atoms with Gasteiger partial charge in [0.1, 0.15) is 5.01 Å². The molecule has 1 aromatic rings. The predicted molar refractivity (Wildman–Crippen MR) is 67.8 cm³/mol. The van der Waals surface area contributed by atoms with Crippen molar-refractivity contribution < 1.29 is 0 Å². The van der Waals surface area contributed by atoms with E-state index in [1.165, 1.54) is 25.8 Å². The van der Waals surface area contributed by atoms with Gasteiger partial charge in [0.25, 0.3) is 0 Å². The molecule has 1 aromatic heterocycles. The zero-order valence-electron chi connectivity index (χ0n) is 10.1. The van der Waals surface area contributed by atoms with Gasteiger partial charge in [-0.3, -0.25) is 4.90 Å². The van der Waals surface area contributed by atoms with Crippen molar-refractivity contribution in [1.82, 2.24) is 15.1 Å². The van der Waals surface area contributed by atoms with E-state index in [1.807, 2.05) is 0 Å². The molecule has 5 heteroatoms. The average molecular weight is 240 g/mol. The van der Waals surface area contributed by atoms with Gasteiger partial charge in [0.15, 0.2) is 0 Å². The smallest absolute Gasteiger partial charge is 0.205 e. The molecule has 2 heterocycles. The lowest BCUT2D eigenvalue weighted by atomic mass is 10.0. The topological polar surface area (TPSA) is 41.1 Å². The van der Waals surface area contributed by atoms with E-state index in [0.29, 0.717) is 6.04 Å². The van der Waals surface area contributed by atoms with Crippen LogP contribution in [0.1, 0.15) is 38.1 Å². The highest BCUT2D eigenvalue weighted by Gasteiger charge is 2.19. The Hall–Kier alpha value is -0.680. The minimum Gasteiger partial charge on any atom is -0.360 e. The van der Waals surface area contributed by atoms with Crippen LogP contribution in [0.5, 0.6) is 0 Å². The molecule has 0 amide bonds. The van der Waals surface area contributed by atoms with E-state index in [0.717, 1.165) is 23.2 Å². The molecule has 1 aliphatic heterocycles. The summed E-state index contributed by atoms with van der Waals surface area (Å²) in [5, 5.41) is 13.6. The third kappa shape index (κ3) is 2.92. The summed E-state index contributed by atoms with van der Waals surface area (Å²) in [5.41, 5.74) is 0. The molecule has 0 bridgehead atoms. The van der Waals surface area contributed by atoms with Crippen LogP contribution in [-0.4, -0.2) is 34.2 Å². The summed E-state index contributed by atoms with van der Waals surface area (Å²) >= 11 is 1.68. The molecule has 0 aliphatic carbocycles. The van der Waals surface area contributed by atoms with Crippen LogP contribution >= 0.6 is 11.3 Å². The van der Waals surface area contributed by atoms with Crippen LogP contribution in [0.25, 0.3) is 0 Å². The average Bonchev–Trinajstić information content (AvgIpc) is 2.70. The first-order valence-electron chi connectivity index (χ1n) is 6.10. The summed E-state index contributed by atoms with van der Waals surface area (Å²) in [4.78, 5) is 2.51. The SMILES string of the molecule is CCNc1nnc(CN2CCCCC2C)s1. The molecular formula is C11H20N4S. The lowest BCUT2D eigenvalue weighted by molar-refractivity contribution is 0.152. The van der Waals surface area contributed by atoms with Gasteiger partial charge < -0.3 is 5.32 Å². The second-order valence-corrected chi connectivity index (χ2v) is 5.41. The number of anilines is 1. The van der Waals surface area contributed by atoms with Gasteiger partial charge in [0.2, 0.25) is 5.13 Å². The van der Waals surface area contributed by atoms with Crippen molar-refractivity contribution in [1.29, 1.82) is 0 Å². The molecule has 90 valence electrons. The van der Waals surface area contributed by atoms with E-state index in [2.05, 4.69) is 34.3 Å². The van der Waals surface area contributed by atoms with Gasteiger partial charge in [-0.1, -0.05) is 17.8 Å². The summed E-state index contributed by atoms with van der Waals surface area (Å²) in [6, 6.07) is 0.695. The number of nitrogens with zero attached hydrogens (tertiary/aromatic N) is 3. The number of aromatic nitrogens is 2. The van der Waals surface area contributed by atoms with Gasteiger partial charge in [-0.05, 0) is 33.2 Å². The zero-order chi connectivity index (χ0) is 11.4. The molecule has 0 aromatic carbocycles. The molecule has 1 saturated heterocycles. The van der Waals surface area contributed by atoms with Crippen molar-refractivity contribution >= 4 is 16.5 Å². The third-order valence-corrected chi connectivity index (χ3v) is 3.94. The van der Waals surface area contributed by atoms with Crippen molar-refractivity contribution in [2.45, 2.75) is 45.7 Å². The van der Waals surface area contributed by atoms with E-state index >= 15 is 0 Å². The van der Waals surface area contributed by atoms with Gasteiger partial charge in [-0.25, -0.2) is 0 Å². The van der Waals surface area contributed by atoms with Crippen LogP contribution in [0.2, 0.25) is 0 Å². The molecule has 1 fully saturated rings. The minimum absolute atomic E-state index is 0.695. The van der Waals surface area contributed by atoms with Crippen LogP contribution in [0.4, 0.5) is 5.13 Å². The quantitative estimate of drug-likeness (QED) is 0.877. The largest absolute Gasteiger partial charge is 0.360 e. The van der Waals surface area contributed by atoms with Crippen LogP contribution in [0.3, 0.4) is 0 Å². The normalized spacial score (nSPS) is 22.2. The van der Waals surface area contributed by atoms with Gasteiger partial charge in [-0.15, -0.1) is 10.2 Å². The summed E-state index contributed by atoms with van der Waals surface area (Å²) < 4.78 is 0. The van der Waals surface area contributed by atoms with Crippen molar-refractivity contribution in [3.05, 3.63) is 5.01 Å². The predicted octanol–water partition coefficient (Wildman–Crippen LogP) is 2.34. The molecule has 2 rings (SSSR count). The first kappa shape index (κ1) is 11.8. The van der Waals surface area contributed by atoms with Crippen LogP contribution in [-0.2, 0) is 6.54 Å². The monoisotopic (exact) mass is 240 g/mol. The molecule has 0 saturated carbocycles. The van der Waals surface area contributed by atoms with E-state index in [9.17, 15) is 0 Å². The van der Waals surface area contributed by atoms with Crippen molar-refractivity contribution in [3.63, 3.8) is 0 Å². The lowest BCUT2D eigenvalue weighted by Gasteiger charge is -2.32. The maximum Gasteiger partial charge on any atom is 0.205 e. The number of rotatable bonds is 4. The fourth-order valence-corrected chi connectivity index (χ4v) is 2.94. The molecular weight excluding hydrogens is 220 g/mol. The Morgan fingerprint density at radius 2 is 2.31 bits per heavy atom. The molecule has 1 aliphatic rings. The van der Waals surface area contributed by atoms with Gasteiger partial charge in [-0.2, -0.15) is 0 Å². The summed E-state index contributed by atoms with van der Waals surface area (Å²) in [7, 11) is 0. The first-order chi connectivity index (χ1) is 7.79. The fourth-order valence-electron chi connectivity index (χ4n) is 2.11. The molecule has 1 N–H and O–H groups in total. The number of nitrogens with one attached hydrogen (secondary N) is 1. The third-order valence-electron chi connectivity index (χ3n) is 3.07. The Labute approximate surface area is 101 Å². The Bertz CT molecular complexity index is 326. The van der Waals surface area contributed by atoms with E-state index in [-0.39, 0.29) is 0 Å². The second kappa shape index (κ2) is 5.59. The molecule has 0 spiro atoms. The van der Waals surface area contributed by atoms with Crippen LogP contribution in [0, 0.1) is 0 Å². The van der Waals surface area contributed by atoms with Crippen molar-refractivity contribution in [3.8, 4) is 0 Å². The lowest BCUT2D eigenvalue weighted by Crippen LogP contribution is -2.36. The van der Waals surface area contributed by atoms with Gasteiger partial charge in [0, 0.05) is 12.6 Å². The van der Waals surface area contributed by atoms with Gasteiger partial charge in [0.05, 0.1) is 6.54 Å². The number of hydrogen-bond acceptors (Lipinski definition) is 5. The highest BCUT2D eigenvalue weighted by Crippen LogP contribution is 2.22. The number of piperidine rings is 1. The molecule has 1 atom stereocenters. The maximum atomic E-state index is 4.23. The Balaban J connectivity index is 1.91. The molecule has 16 heavy (non-hydrogen) atoms. The summed E-state index contributed by atoms with van der Waals surface area (Å²) in [6.45, 7) is 7.47. The van der Waals surface area contributed by atoms with E-state index in [1.54, 1.807) is 11.3 Å². The number of likely N-dealkylation sites (tertiary alicyclic amines) is 1. The van der Waals surface area contributed by atoms with Crippen molar-refractivity contribution in [2.75, 3.05) is 18.4 Å². The van der Waals surface area contributed by atoms with Crippen LogP contribution < -0.4 is 5.32 Å². The molecule has 0 radical (unpaired) electrons. The second-order valence-electron chi connectivity index (χ2n) is 4.35. The standard InChI is InChI=1S/C11H20N4S/c1-3-12-11-14-13-10(16-11)8-15-7-5-4-6-9(15)2/h9H,3-8H2,1-2H3,(H,12,14). The van der Waals surface area contributed by atoms with E-state index in [4.69, 9.17) is 0 Å². The zero-order valence-corrected chi connectivity index (χ0v) is 10.9. The Morgan fingerprint density at radius 1 is 1.44 bits per heavy atom. The highest BCUT2D eigenvalue weighted by molar-refractivity contribution is 7.15. The maximum absolute atomic E-state index is 4.23. The molecule has 4 nitrogen and oxygen atoms in total. The van der Waals surface area contributed by atoms with Crippen LogP contribution in [0.15, 0.2) is 0 Å². The van der Waals surface area contributed by atoms with Crippen molar-refractivity contribution in [2.24, 2.45) is 0 Å². The number of hydrogen-bond donors (Lipinski definition) is 1. The molecule has 1 unspecified atom stereocenters. The summed E-state index contributed by atoms with van der Waals surface area (Å²) in [5.74, 6) is 0. The Morgan fingerprint density at radius 3 is 3.06 bits per heavy atom. The first-order valence-corrected chi connectivity index (χ1v) is 6.91. The van der Waals surface area contributed by atoms with E-state index < -0.39 is 0 Å². The van der Waals surface area contributed by atoms with Gasteiger partial charge >= 0.3 is 0 Å². The fraction of sp³-hybridized carbons (Fsp3) is 0.818. The Kier molecular flexibility index (Phi) is 4.12.